The quantitative estimate of drug-likeness (QED) is 0.457. The topological polar surface area (TPSA) is 87.3 Å². The van der Waals surface area contributed by atoms with Gasteiger partial charge in [0, 0.05) is 5.56 Å². The normalized spacial score (nSPS) is 16.5. The maximum atomic E-state index is 13.9. The summed E-state index contributed by atoms with van der Waals surface area (Å²) >= 11 is 7.75. The van der Waals surface area contributed by atoms with Gasteiger partial charge in [0.1, 0.15) is 17.5 Å². The molecule has 0 aromatic heterocycles. The fourth-order valence-electron chi connectivity index (χ4n) is 3.36. The average molecular weight is 501 g/mol. The Labute approximate surface area is 205 Å². The second-order valence-corrected chi connectivity index (χ2v) is 8.98. The first-order valence-electron chi connectivity index (χ1n) is 10.6. The Kier molecular flexibility index (Phi) is 7.33. The van der Waals surface area contributed by atoms with Crippen LogP contribution in [0.3, 0.4) is 0 Å². The molecule has 0 unspecified atom stereocenters. The number of benzene rings is 2. The first-order valence-corrected chi connectivity index (χ1v) is 11.8. The molecule has 0 saturated carbocycles. The second kappa shape index (κ2) is 10.4. The van der Waals surface area contributed by atoms with Gasteiger partial charge in [0.25, 0.3) is 5.91 Å². The van der Waals surface area contributed by atoms with Gasteiger partial charge >= 0.3 is 0 Å². The average Bonchev–Trinajstić information content (AvgIpc) is 3.23. The Morgan fingerprint density at radius 1 is 1.29 bits per heavy atom. The number of methoxy groups -OCH3 is 1. The molecule has 0 fully saturated rings. The maximum Gasteiger partial charge on any atom is 0.283 e. The predicted molar refractivity (Wildman–Crippen MR) is 133 cm³/mol. The van der Waals surface area contributed by atoms with Crippen molar-refractivity contribution in [1.29, 1.82) is 5.41 Å². The lowest BCUT2D eigenvalue weighted by molar-refractivity contribution is -0.114. The Morgan fingerprint density at radius 3 is 2.82 bits per heavy atom. The van der Waals surface area contributed by atoms with Gasteiger partial charge < -0.3 is 9.47 Å². The number of carbonyl (C=O) groups excluding carboxylic acids is 1. The van der Waals surface area contributed by atoms with Gasteiger partial charge in [-0.2, -0.15) is 15.1 Å². The molecule has 176 valence electrons. The number of amides is 1. The number of rotatable bonds is 8. The molecule has 1 N–H and O–H groups in total. The van der Waals surface area contributed by atoms with E-state index in [2.05, 4.69) is 17.0 Å². The van der Waals surface area contributed by atoms with Crippen molar-refractivity contribution < 1.29 is 18.7 Å². The van der Waals surface area contributed by atoms with Crippen LogP contribution in [0.4, 0.5) is 4.39 Å². The number of aliphatic imine (C=N–C) groups is 1. The number of thioether (sulfide) groups is 1. The maximum absolute atomic E-state index is 13.9. The number of hydrogen-bond acceptors (Lipinski definition) is 6. The molecule has 2 heterocycles. The molecular formula is C24H22ClFN4O3S. The lowest BCUT2D eigenvalue weighted by Gasteiger charge is -2.20. The third kappa shape index (κ3) is 5.00. The number of hydrazone groups is 1. The van der Waals surface area contributed by atoms with Crippen molar-refractivity contribution in [3.05, 3.63) is 63.9 Å². The Bertz CT molecular complexity index is 1240. The summed E-state index contributed by atoms with van der Waals surface area (Å²) in [5.74, 6) is -0.393. The number of amidine groups is 2. The Balaban J connectivity index is 1.59. The van der Waals surface area contributed by atoms with E-state index in [0.717, 1.165) is 24.3 Å². The molecule has 34 heavy (non-hydrogen) atoms. The molecule has 0 saturated heterocycles. The number of nitrogens with zero attached hydrogens (tertiary/aromatic N) is 3. The number of nitrogens with one attached hydrogen (secondary N) is 1. The summed E-state index contributed by atoms with van der Waals surface area (Å²) in [5, 5.41) is 15.8. The number of carbonyl (C=O) groups is 1. The summed E-state index contributed by atoms with van der Waals surface area (Å²) in [6, 6.07) is 9.51. The molecule has 0 bridgehead atoms. The minimum absolute atomic E-state index is 0.0329. The smallest absolute Gasteiger partial charge is 0.283 e. The molecular weight excluding hydrogens is 479 g/mol. The molecule has 2 aromatic carbocycles. The van der Waals surface area contributed by atoms with E-state index in [1.54, 1.807) is 30.3 Å². The Hall–Kier alpha value is -3.17. The van der Waals surface area contributed by atoms with Crippen LogP contribution in [0.5, 0.6) is 11.5 Å². The fourth-order valence-corrected chi connectivity index (χ4v) is 4.56. The highest BCUT2D eigenvalue weighted by Gasteiger charge is 2.35. The van der Waals surface area contributed by atoms with Crippen LogP contribution < -0.4 is 9.47 Å². The van der Waals surface area contributed by atoms with Crippen LogP contribution in [0.25, 0.3) is 6.08 Å². The molecule has 10 heteroatoms. The van der Waals surface area contributed by atoms with Crippen LogP contribution >= 0.6 is 23.4 Å². The largest absolute Gasteiger partial charge is 0.493 e. The zero-order valence-electron chi connectivity index (χ0n) is 18.6. The molecule has 2 aliphatic rings. The van der Waals surface area contributed by atoms with E-state index in [-0.39, 0.29) is 34.6 Å². The zero-order valence-corrected chi connectivity index (χ0v) is 20.2. The Morgan fingerprint density at radius 2 is 2.09 bits per heavy atom. The van der Waals surface area contributed by atoms with Crippen molar-refractivity contribution in [2.45, 2.75) is 32.8 Å². The number of halogens is 2. The summed E-state index contributed by atoms with van der Waals surface area (Å²) in [6.45, 7) is 2.06. The molecule has 2 aromatic rings. The van der Waals surface area contributed by atoms with Gasteiger partial charge in [-0.3, -0.25) is 10.2 Å². The van der Waals surface area contributed by atoms with Crippen molar-refractivity contribution >= 4 is 51.4 Å². The highest BCUT2D eigenvalue weighted by Crippen LogP contribution is 2.38. The van der Waals surface area contributed by atoms with Crippen LogP contribution in [-0.4, -0.2) is 34.1 Å². The van der Waals surface area contributed by atoms with E-state index < -0.39 is 5.91 Å². The van der Waals surface area contributed by atoms with Crippen LogP contribution in [0.1, 0.15) is 37.3 Å². The highest BCUT2D eigenvalue weighted by molar-refractivity contribution is 8.26. The summed E-state index contributed by atoms with van der Waals surface area (Å²) in [6.07, 6.45) is 4.29. The van der Waals surface area contributed by atoms with E-state index in [1.807, 2.05) is 0 Å². The molecule has 0 radical (unpaired) electrons. The summed E-state index contributed by atoms with van der Waals surface area (Å²) in [7, 11) is 1.46. The number of fused-ring (bicyclic) bond motifs is 1. The SMILES string of the molecule is CCCCC1=NN2C(=N)/C(=C/c3cc(Cl)c(OCc4ccccc4F)c(OC)c3)C(=O)N=C2S1. The monoisotopic (exact) mass is 500 g/mol. The van der Waals surface area contributed by atoms with Crippen molar-refractivity contribution in [1.82, 2.24) is 5.01 Å². The standard InChI is InChI=1S/C24H22ClFN4O3S/c1-3-4-9-20-29-30-22(27)16(23(31)28-24(30)34-20)10-14-11-17(25)21(19(12-14)32-2)33-13-15-7-5-6-8-18(15)26/h5-8,10-12,27H,3-4,9,13H2,1-2H3/b16-10-,27-22?. The van der Waals surface area contributed by atoms with Gasteiger partial charge in [0.05, 0.1) is 17.7 Å². The van der Waals surface area contributed by atoms with Crippen molar-refractivity contribution in [2.75, 3.05) is 7.11 Å². The molecule has 4 rings (SSSR count). The molecule has 0 spiro atoms. The van der Waals surface area contributed by atoms with Crippen LogP contribution in [0.2, 0.25) is 5.02 Å². The number of hydrogen-bond donors (Lipinski definition) is 1. The van der Waals surface area contributed by atoms with Gasteiger partial charge in [0.15, 0.2) is 17.3 Å². The summed E-state index contributed by atoms with van der Waals surface area (Å²) in [4.78, 5) is 16.8. The van der Waals surface area contributed by atoms with E-state index in [9.17, 15) is 9.18 Å². The molecule has 0 atom stereocenters. The molecule has 0 aliphatic carbocycles. The second-order valence-electron chi connectivity index (χ2n) is 7.53. The molecule has 7 nitrogen and oxygen atoms in total. The van der Waals surface area contributed by atoms with Gasteiger partial charge in [0.2, 0.25) is 5.17 Å². The first kappa shape index (κ1) is 24.0. The van der Waals surface area contributed by atoms with Crippen LogP contribution in [0, 0.1) is 11.2 Å². The molecule has 2 aliphatic heterocycles. The number of ether oxygens (including phenoxy) is 2. The molecule has 1 amide bonds. The van der Waals surface area contributed by atoms with Crippen molar-refractivity contribution in [2.24, 2.45) is 10.1 Å². The predicted octanol–water partition coefficient (Wildman–Crippen LogP) is 5.88. The lowest BCUT2D eigenvalue weighted by atomic mass is 10.1. The highest BCUT2D eigenvalue weighted by atomic mass is 35.5. The van der Waals surface area contributed by atoms with Gasteiger partial charge in [-0.05, 0) is 54.4 Å². The van der Waals surface area contributed by atoms with Crippen LogP contribution in [0.15, 0.2) is 52.1 Å². The lowest BCUT2D eigenvalue weighted by Crippen LogP contribution is -2.35. The number of unbranched alkanes of at least 4 members (excludes halogenated alkanes) is 1. The summed E-state index contributed by atoms with van der Waals surface area (Å²) < 4.78 is 25.1. The minimum Gasteiger partial charge on any atom is -0.493 e. The van der Waals surface area contributed by atoms with Crippen molar-refractivity contribution in [3.8, 4) is 11.5 Å². The minimum atomic E-state index is -0.523. The van der Waals surface area contributed by atoms with E-state index in [1.165, 1.54) is 36.0 Å². The fraction of sp³-hybridized carbons (Fsp3) is 0.250. The summed E-state index contributed by atoms with van der Waals surface area (Å²) in [5.41, 5.74) is 0.987. The first-order chi connectivity index (χ1) is 16.4. The van der Waals surface area contributed by atoms with Crippen LogP contribution in [-0.2, 0) is 11.4 Å². The van der Waals surface area contributed by atoms with Gasteiger partial charge in [-0.25, -0.2) is 4.39 Å². The van der Waals surface area contributed by atoms with E-state index >= 15 is 0 Å². The third-order valence-electron chi connectivity index (χ3n) is 5.13. The van der Waals surface area contributed by atoms with E-state index in [0.29, 0.717) is 22.0 Å². The third-order valence-corrected chi connectivity index (χ3v) is 6.38. The van der Waals surface area contributed by atoms with Crippen molar-refractivity contribution in [3.63, 3.8) is 0 Å². The zero-order chi connectivity index (χ0) is 24.2. The van der Waals surface area contributed by atoms with E-state index in [4.69, 9.17) is 26.5 Å². The van der Waals surface area contributed by atoms with Gasteiger partial charge in [-0.1, -0.05) is 43.1 Å². The van der Waals surface area contributed by atoms with Gasteiger partial charge in [-0.15, -0.1) is 0 Å².